The number of halogens is 1. The Labute approximate surface area is 101 Å². The lowest BCUT2D eigenvalue weighted by molar-refractivity contribution is 0.530. The van der Waals surface area contributed by atoms with E-state index >= 15 is 0 Å². The largest absolute Gasteiger partial charge is 0.457 e. The quantitative estimate of drug-likeness (QED) is 0.930. The summed E-state index contributed by atoms with van der Waals surface area (Å²) in [7, 11) is 1.96. The molecule has 2 aromatic rings. The third kappa shape index (κ3) is 2.02. The van der Waals surface area contributed by atoms with E-state index in [0.29, 0.717) is 0 Å². The molecule has 1 atom stereocenters. The number of thiophene rings is 1. The summed E-state index contributed by atoms with van der Waals surface area (Å²) in [4.78, 5) is 1.34. The Balaban J connectivity index is 2.41. The van der Waals surface area contributed by atoms with Gasteiger partial charge < -0.3 is 9.73 Å². The Bertz CT molecular complexity index is 409. The molecule has 0 aliphatic carbocycles. The highest BCUT2D eigenvalue weighted by Gasteiger charge is 2.19. The van der Waals surface area contributed by atoms with E-state index in [2.05, 4.69) is 39.6 Å². The van der Waals surface area contributed by atoms with Gasteiger partial charge in [-0.1, -0.05) is 0 Å². The first-order valence-electron chi connectivity index (χ1n) is 4.68. The van der Waals surface area contributed by atoms with Gasteiger partial charge in [-0.2, -0.15) is 0 Å². The van der Waals surface area contributed by atoms with Crippen LogP contribution in [0.1, 0.15) is 22.0 Å². The minimum Gasteiger partial charge on any atom is -0.457 e. The van der Waals surface area contributed by atoms with E-state index in [9.17, 15) is 0 Å². The Morgan fingerprint density at radius 1 is 1.40 bits per heavy atom. The molecule has 0 aliphatic heterocycles. The zero-order chi connectivity index (χ0) is 10.8. The number of aryl methyl sites for hydroxylation is 1. The highest BCUT2D eigenvalue weighted by molar-refractivity contribution is 9.10. The van der Waals surface area contributed by atoms with Crippen molar-refractivity contribution in [3.05, 3.63) is 44.4 Å². The summed E-state index contributed by atoms with van der Waals surface area (Å²) in [6.07, 6.45) is 1.70. The molecule has 0 amide bonds. The summed E-state index contributed by atoms with van der Waals surface area (Å²) in [6, 6.07) is 4.34. The predicted molar refractivity (Wildman–Crippen MR) is 66.4 cm³/mol. The van der Waals surface area contributed by atoms with Crippen molar-refractivity contribution in [3.8, 4) is 0 Å². The monoisotopic (exact) mass is 285 g/mol. The molecule has 1 N–H and O–H groups in total. The second kappa shape index (κ2) is 4.51. The maximum Gasteiger partial charge on any atom is 0.174 e. The van der Waals surface area contributed by atoms with E-state index in [-0.39, 0.29) is 6.04 Å². The van der Waals surface area contributed by atoms with Crippen LogP contribution in [0.25, 0.3) is 0 Å². The normalized spacial score (nSPS) is 13.0. The molecule has 2 rings (SSSR count). The number of hydrogen-bond donors (Lipinski definition) is 1. The fourth-order valence-electron chi connectivity index (χ4n) is 1.68. The first kappa shape index (κ1) is 10.9. The van der Waals surface area contributed by atoms with E-state index < -0.39 is 0 Å². The lowest BCUT2D eigenvalue weighted by Gasteiger charge is -2.15. The van der Waals surface area contributed by atoms with Crippen LogP contribution in [0.15, 0.2) is 32.9 Å². The Morgan fingerprint density at radius 2 is 2.20 bits per heavy atom. The van der Waals surface area contributed by atoms with Crippen LogP contribution in [0.2, 0.25) is 0 Å². The van der Waals surface area contributed by atoms with Crippen LogP contribution in [-0.2, 0) is 0 Å². The molecule has 4 heteroatoms. The van der Waals surface area contributed by atoms with E-state index in [0.717, 1.165) is 10.2 Å². The third-order valence-corrected chi connectivity index (χ3v) is 3.96. The first-order chi connectivity index (χ1) is 7.24. The van der Waals surface area contributed by atoms with Gasteiger partial charge in [0.15, 0.2) is 4.67 Å². The van der Waals surface area contributed by atoms with Crippen LogP contribution >= 0.6 is 27.3 Å². The second-order valence-electron chi connectivity index (χ2n) is 3.30. The van der Waals surface area contributed by atoms with Crippen molar-refractivity contribution in [2.24, 2.45) is 0 Å². The molecule has 2 nitrogen and oxygen atoms in total. The average molecular weight is 286 g/mol. The van der Waals surface area contributed by atoms with Crippen LogP contribution in [0.3, 0.4) is 0 Å². The van der Waals surface area contributed by atoms with E-state index in [1.165, 1.54) is 10.4 Å². The van der Waals surface area contributed by atoms with Gasteiger partial charge >= 0.3 is 0 Å². The van der Waals surface area contributed by atoms with Crippen molar-refractivity contribution in [1.29, 1.82) is 0 Å². The zero-order valence-corrected chi connectivity index (χ0v) is 11.0. The molecule has 2 aromatic heterocycles. The van der Waals surface area contributed by atoms with Crippen LogP contribution < -0.4 is 5.32 Å². The summed E-state index contributed by atoms with van der Waals surface area (Å²) < 4.78 is 6.06. The standard InChI is InChI=1S/C11H12BrNOS/c1-7-8(4-6-15-7)10(13-2)9-3-5-14-11(9)12/h3-6,10,13H,1-2H3. The van der Waals surface area contributed by atoms with E-state index in [1.807, 2.05) is 13.1 Å². The van der Waals surface area contributed by atoms with Gasteiger partial charge in [0.05, 0.1) is 12.3 Å². The van der Waals surface area contributed by atoms with Gasteiger partial charge in [-0.15, -0.1) is 11.3 Å². The molecule has 0 radical (unpaired) electrons. The Kier molecular flexibility index (Phi) is 3.29. The fourth-order valence-corrected chi connectivity index (χ4v) is 2.89. The van der Waals surface area contributed by atoms with Crippen LogP contribution in [0.4, 0.5) is 0 Å². The molecule has 0 aliphatic rings. The van der Waals surface area contributed by atoms with E-state index in [1.54, 1.807) is 17.6 Å². The molecule has 1 unspecified atom stereocenters. The van der Waals surface area contributed by atoms with Crippen LogP contribution in [-0.4, -0.2) is 7.05 Å². The maximum absolute atomic E-state index is 5.27. The van der Waals surface area contributed by atoms with Crippen LogP contribution in [0.5, 0.6) is 0 Å². The fraction of sp³-hybridized carbons (Fsp3) is 0.273. The number of rotatable bonds is 3. The number of furan rings is 1. The van der Waals surface area contributed by atoms with Gasteiger partial charge in [-0.05, 0) is 53.0 Å². The summed E-state index contributed by atoms with van der Waals surface area (Å²) in [6.45, 7) is 2.14. The number of nitrogens with one attached hydrogen (secondary N) is 1. The molecule has 0 spiro atoms. The molecule has 0 fully saturated rings. The van der Waals surface area contributed by atoms with Gasteiger partial charge in [-0.3, -0.25) is 0 Å². The highest BCUT2D eigenvalue weighted by Crippen LogP contribution is 2.32. The molecule has 0 saturated carbocycles. The van der Waals surface area contributed by atoms with Crippen molar-refractivity contribution in [3.63, 3.8) is 0 Å². The Morgan fingerprint density at radius 3 is 2.67 bits per heavy atom. The topological polar surface area (TPSA) is 25.2 Å². The molecular weight excluding hydrogens is 274 g/mol. The lowest BCUT2D eigenvalue weighted by Crippen LogP contribution is -2.17. The van der Waals surface area contributed by atoms with Gasteiger partial charge in [0, 0.05) is 10.4 Å². The van der Waals surface area contributed by atoms with Crippen molar-refractivity contribution in [2.45, 2.75) is 13.0 Å². The zero-order valence-electron chi connectivity index (χ0n) is 8.58. The van der Waals surface area contributed by atoms with Crippen LogP contribution in [0, 0.1) is 6.92 Å². The molecule has 2 heterocycles. The first-order valence-corrected chi connectivity index (χ1v) is 6.35. The van der Waals surface area contributed by atoms with Gasteiger partial charge in [-0.25, -0.2) is 0 Å². The molecular formula is C11H12BrNOS. The summed E-state index contributed by atoms with van der Waals surface area (Å²) in [5, 5.41) is 5.42. The molecule has 80 valence electrons. The van der Waals surface area contributed by atoms with Crippen molar-refractivity contribution in [2.75, 3.05) is 7.05 Å². The summed E-state index contributed by atoms with van der Waals surface area (Å²) in [5.41, 5.74) is 2.45. The highest BCUT2D eigenvalue weighted by atomic mass is 79.9. The second-order valence-corrected chi connectivity index (χ2v) is 5.14. The molecule has 0 aromatic carbocycles. The van der Waals surface area contributed by atoms with Gasteiger partial charge in [0.2, 0.25) is 0 Å². The number of hydrogen-bond acceptors (Lipinski definition) is 3. The van der Waals surface area contributed by atoms with E-state index in [4.69, 9.17) is 4.42 Å². The Hall–Kier alpha value is -0.580. The average Bonchev–Trinajstić information content (AvgIpc) is 2.80. The molecule has 15 heavy (non-hydrogen) atoms. The minimum atomic E-state index is 0.198. The summed E-state index contributed by atoms with van der Waals surface area (Å²) in [5.74, 6) is 0. The minimum absolute atomic E-state index is 0.198. The third-order valence-electron chi connectivity index (χ3n) is 2.46. The molecule has 0 saturated heterocycles. The predicted octanol–water partition coefficient (Wildman–Crippen LogP) is 3.72. The van der Waals surface area contributed by atoms with Crippen molar-refractivity contribution < 1.29 is 4.42 Å². The van der Waals surface area contributed by atoms with Crippen molar-refractivity contribution >= 4 is 27.3 Å². The van der Waals surface area contributed by atoms with Gasteiger partial charge in [0.25, 0.3) is 0 Å². The van der Waals surface area contributed by atoms with Gasteiger partial charge in [0.1, 0.15) is 0 Å². The summed E-state index contributed by atoms with van der Waals surface area (Å²) >= 11 is 5.18. The molecule has 0 bridgehead atoms. The maximum atomic E-state index is 5.27. The SMILES string of the molecule is CNC(c1ccoc1Br)c1ccsc1C. The smallest absolute Gasteiger partial charge is 0.174 e. The van der Waals surface area contributed by atoms with Crippen molar-refractivity contribution in [1.82, 2.24) is 5.32 Å². The lowest BCUT2D eigenvalue weighted by atomic mass is 10.0.